The lowest BCUT2D eigenvalue weighted by molar-refractivity contribution is -0.384. The van der Waals surface area contributed by atoms with Gasteiger partial charge in [0.25, 0.3) is 5.69 Å². The molecule has 0 saturated carbocycles. The van der Waals surface area contributed by atoms with E-state index >= 15 is 0 Å². The van der Waals surface area contributed by atoms with E-state index in [1.807, 2.05) is 36.4 Å². The Labute approximate surface area is 192 Å². The lowest BCUT2D eigenvalue weighted by Gasteiger charge is -2.30. The Morgan fingerprint density at radius 1 is 1.03 bits per heavy atom. The van der Waals surface area contributed by atoms with Crippen LogP contribution in [0.2, 0.25) is 0 Å². The van der Waals surface area contributed by atoms with Crippen LogP contribution >= 0.6 is 0 Å². The number of benzene rings is 2. The number of carbonyl (C=O) groups is 1. The molecule has 0 aliphatic carbocycles. The molecule has 33 heavy (non-hydrogen) atoms. The molecule has 0 atom stereocenters. The van der Waals surface area contributed by atoms with Gasteiger partial charge in [-0.1, -0.05) is 19.1 Å². The third-order valence-corrected chi connectivity index (χ3v) is 5.74. The van der Waals surface area contributed by atoms with Crippen molar-refractivity contribution in [2.24, 2.45) is 5.92 Å². The summed E-state index contributed by atoms with van der Waals surface area (Å²) < 4.78 is 0. The van der Waals surface area contributed by atoms with E-state index in [4.69, 9.17) is 0 Å². The Morgan fingerprint density at radius 3 is 2.33 bits per heavy atom. The van der Waals surface area contributed by atoms with Gasteiger partial charge in [-0.05, 0) is 66.8 Å². The number of nitrogens with one attached hydrogen (secondary N) is 1. The first-order chi connectivity index (χ1) is 16.0. The maximum absolute atomic E-state index is 12.2. The van der Waals surface area contributed by atoms with Crippen molar-refractivity contribution in [2.75, 3.05) is 23.3 Å². The van der Waals surface area contributed by atoms with Crippen LogP contribution in [-0.2, 0) is 4.79 Å². The van der Waals surface area contributed by atoms with Gasteiger partial charge >= 0.3 is 0 Å². The van der Waals surface area contributed by atoms with Crippen molar-refractivity contribution in [3.05, 3.63) is 82.4 Å². The van der Waals surface area contributed by atoms with Crippen molar-refractivity contribution < 1.29 is 9.72 Å². The average Bonchev–Trinajstić information content (AvgIpc) is 2.84. The Kier molecular flexibility index (Phi) is 6.73. The molecule has 0 spiro atoms. The molecule has 0 unspecified atom stereocenters. The molecule has 1 saturated heterocycles. The molecule has 1 aromatic heterocycles. The molecule has 1 amide bonds. The zero-order valence-corrected chi connectivity index (χ0v) is 18.3. The van der Waals surface area contributed by atoms with E-state index in [-0.39, 0.29) is 11.6 Å². The molecule has 3 aromatic rings. The number of hydrogen-bond donors (Lipinski definition) is 1. The molecule has 2 heterocycles. The number of aromatic nitrogens is 2. The summed E-state index contributed by atoms with van der Waals surface area (Å²) in [4.78, 5) is 24.7. The summed E-state index contributed by atoms with van der Waals surface area (Å²) >= 11 is 0. The minimum absolute atomic E-state index is 0.0112. The fourth-order valence-corrected chi connectivity index (χ4v) is 3.67. The van der Waals surface area contributed by atoms with Crippen molar-refractivity contribution in [3.63, 3.8) is 0 Å². The second-order valence-electron chi connectivity index (χ2n) is 8.19. The highest BCUT2D eigenvalue weighted by molar-refractivity contribution is 6.02. The molecule has 168 valence electrons. The van der Waals surface area contributed by atoms with E-state index in [2.05, 4.69) is 27.3 Å². The molecule has 1 aliphatic rings. The van der Waals surface area contributed by atoms with E-state index < -0.39 is 4.92 Å². The van der Waals surface area contributed by atoms with Crippen LogP contribution in [-0.4, -0.2) is 34.1 Å². The number of hydrogen-bond acceptors (Lipinski definition) is 6. The van der Waals surface area contributed by atoms with Crippen molar-refractivity contribution in [1.82, 2.24) is 10.2 Å². The van der Waals surface area contributed by atoms with Crippen molar-refractivity contribution >= 4 is 29.2 Å². The van der Waals surface area contributed by atoms with Gasteiger partial charge in [0.05, 0.1) is 10.6 Å². The van der Waals surface area contributed by atoms with Gasteiger partial charge in [0.1, 0.15) is 0 Å². The predicted octanol–water partition coefficient (Wildman–Crippen LogP) is 4.94. The quantitative estimate of drug-likeness (QED) is 0.329. The van der Waals surface area contributed by atoms with Crippen LogP contribution in [0.25, 0.3) is 17.3 Å². The average molecular weight is 444 g/mol. The number of rotatable bonds is 6. The number of nitro groups is 1. The van der Waals surface area contributed by atoms with Gasteiger partial charge in [-0.25, -0.2) is 0 Å². The van der Waals surface area contributed by atoms with Crippen LogP contribution in [0.3, 0.4) is 0 Å². The fraction of sp³-hybridized carbons (Fsp3) is 0.240. The van der Waals surface area contributed by atoms with E-state index in [9.17, 15) is 14.9 Å². The van der Waals surface area contributed by atoms with Crippen molar-refractivity contribution in [1.29, 1.82) is 0 Å². The Balaban J connectivity index is 1.34. The molecule has 1 fully saturated rings. The van der Waals surface area contributed by atoms with E-state index in [1.54, 1.807) is 18.2 Å². The third kappa shape index (κ3) is 5.79. The molecule has 8 heteroatoms. The SMILES string of the molecule is CC1CCN(c2ccc(-c3ccc(NC(=O)/C=C/c4ccc([N+](=O)[O-])cc4)cc3)nn2)CC1. The first-order valence-corrected chi connectivity index (χ1v) is 10.9. The number of non-ortho nitro benzene ring substituents is 1. The summed E-state index contributed by atoms with van der Waals surface area (Å²) in [5.74, 6) is 1.39. The smallest absolute Gasteiger partial charge is 0.269 e. The van der Waals surface area contributed by atoms with Gasteiger partial charge in [0, 0.05) is 42.5 Å². The standard InChI is InChI=1S/C25H25N5O3/c1-18-14-16-29(17-15-18)24-12-11-23(27-28-24)20-5-7-21(8-6-20)26-25(31)13-4-19-2-9-22(10-3-19)30(32)33/h2-13,18H,14-17H2,1H3,(H,26,31)/b13-4+. The zero-order valence-electron chi connectivity index (χ0n) is 18.3. The second kappa shape index (κ2) is 10.0. The first kappa shape index (κ1) is 22.1. The lowest BCUT2D eigenvalue weighted by atomic mass is 9.99. The number of anilines is 2. The molecule has 4 rings (SSSR count). The molecule has 8 nitrogen and oxygen atoms in total. The van der Waals surface area contributed by atoms with Gasteiger partial charge in [0.2, 0.25) is 5.91 Å². The molecule has 0 bridgehead atoms. The minimum Gasteiger partial charge on any atom is -0.355 e. The summed E-state index contributed by atoms with van der Waals surface area (Å²) in [6.07, 6.45) is 5.35. The Morgan fingerprint density at radius 2 is 1.73 bits per heavy atom. The topological polar surface area (TPSA) is 101 Å². The predicted molar refractivity (Wildman–Crippen MR) is 129 cm³/mol. The Bertz CT molecular complexity index is 1130. The van der Waals surface area contributed by atoms with Crippen LogP contribution in [0.5, 0.6) is 0 Å². The summed E-state index contributed by atoms with van der Waals surface area (Å²) in [6.45, 7) is 4.32. The van der Waals surface area contributed by atoms with Crippen molar-refractivity contribution in [3.8, 4) is 11.3 Å². The molecular formula is C25H25N5O3. The molecule has 2 aromatic carbocycles. The van der Waals surface area contributed by atoms with E-state index in [1.165, 1.54) is 31.1 Å². The van der Waals surface area contributed by atoms with Crippen LogP contribution in [0.4, 0.5) is 17.2 Å². The van der Waals surface area contributed by atoms with E-state index in [0.29, 0.717) is 11.3 Å². The molecule has 1 aliphatic heterocycles. The van der Waals surface area contributed by atoms with Gasteiger partial charge in [0.15, 0.2) is 5.82 Å². The Hall–Kier alpha value is -4.07. The monoisotopic (exact) mass is 443 g/mol. The number of nitro benzene ring substituents is 1. The fourth-order valence-electron chi connectivity index (χ4n) is 3.67. The van der Waals surface area contributed by atoms with Gasteiger partial charge in [-0.15, -0.1) is 10.2 Å². The van der Waals surface area contributed by atoms with Gasteiger partial charge < -0.3 is 10.2 Å². The molecular weight excluding hydrogens is 418 g/mol. The number of nitrogens with zero attached hydrogens (tertiary/aromatic N) is 4. The van der Waals surface area contributed by atoms with E-state index in [0.717, 1.165) is 36.1 Å². The summed E-state index contributed by atoms with van der Waals surface area (Å²) in [6, 6.07) is 17.4. The van der Waals surface area contributed by atoms with Crippen LogP contribution < -0.4 is 10.2 Å². The first-order valence-electron chi connectivity index (χ1n) is 10.9. The van der Waals surface area contributed by atoms with Crippen LogP contribution in [0.15, 0.2) is 66.7 Å². The maximum atomic E-state index is 12.2. The number of carbonyl (C=O) groups excluding carboxylic acids is 1. The summed E-state index contributed by atoms with van der Waals surface area (Å²) in [5.41, 5.74) is 3.06. The van der Waals surface area contributed by atoms with Crippen LogP contribution in [0.1, 0.15) is 25.3 Å². The van der Waals surface area contributed by atoms with Crippen molar-refractivity contribution in [2.45, 2.75) is 19.8 Å². The number of piperidine rings is 1. The molecule has 0 radical (unpaired) electrons. The zero-order chi connectivity index (χ0) is 23.2. The normalized spacial score (nSPS) is 14.4. The summed E-state index contributed by atoms with van der Waals surface area (Å²) in [5, 5.41) is 22.3. The van der Waals surface area contributed by atoms with Gasteiger partial charge in [-0.3, -0.25) is 14.9 Å². The highest BCUT2D eigenvalue weighted by Gasteiger charge is 2.17. The minimum atomic E-state index is -0.459. The lowest BCUT2D eigenvalue weighted by Crippen LogP contribution is -2.33. The molecule has 1 N–H and O–H groups in total. The largest absolute Gasteiger partial charge is 0.355 e. The highest BCUT2D eigenvalue weighted by atomic mass is 16.6. The third-order valence-electron chi connectivity index (χ3n) is 5.74. The highest BCUT2D eigenvalue weighted by Crippen LogP contribution is 2.24. The van der Waals surface area contributed by atoms with Gasteiger partial charge in [-0.2, -0.15) is 0 Å². The maximum Gasteiger partial charge on any atom is 0.269 e. The van der Waals surface area contributed by atoms with Crippen LogP contribution in [0, 0.1) is 16.0 Å². The summed E-state index contributed by atoms with van der Waals surface area (Å²) in [7, 11) is 0. The second-order valence-corrected chi connectivity index (χ2v) is 8.19. The number of amides is 1.